The van der Waals surface area contributed by atoms with E-state index in [9.17, 15) is 14.0 Å². The van der Waals surface area contributed by atoms with Crippen molar-refractivity contribution in [2.45, 2.75) is 6.61 Å². The smallest absolute Gasteiger partial charge is 0.293 e. The molecular weight excluding hydrogens is 620 g/mol. The highest BCUT2D eigenvalue weighted by Crippen LogP contribution is 2.37. The number of ether oxygens (including phenoxy) is 3. The molecule has 1 aliphatic heterocycles. The second kappa shape index (κ2) is 12.0. The van der Waals surface area contributed by atoms with E-state index in [1.807, 2.05) is 6.07 Å². The van der Waals surface area contributed by atoms with Gasteiger partial charge in [0.1, 0.15) is 24.8 Å². The van der Waals surface area contributed by atoms with Crippen LogP contribution in [0.3, 0.4) is 0 Å². The van der Waals surface area contributed by atoms with Crippen LogP contribution >= 0.6 is 46.0 Å². The molecule has 0 N–H and O–H groups in total. The first kappa shape index (κ1) is 26.3. The molecule has 1 saturated heterocycles. The number of nitrogens with zero attached hydrogens (tertiary/aromatic N) is 1. The fourth-order valence-electron chi connectivity index (χ4n) is 3.33. The van der Waals surface area contributed by atoms with Crippen LogP contribution in [-0.2, 0) is 11.4 Å². The number of thioether (sulfide) groups is 1. The van der Waals surface area contributed by atoms with Gasteiger partial charge in [-0.15, -0.1) is 0 Å². The van der Waals surface area contributed by atoms with Crippen molar-refractivity contribution in [1.82, 2.24) is 4.90 Å². The van der Waals surface area contributed by atoms with Gasteiger partial charge in [-0.05, 0) is 100 Å². The summed E-state index contributed by atoms with van der Waals surface area (Å²) in [4.78, 5) is 26.8. The van der Waals surface area contributed by atoms with Crippen molar-refractivity contribution in [3.05, 3.63) is 91.1 Å². The van der Waals surface area contributed by atoms with Crippen molar-refractivity contribution in [1.29, 1.82) is 0 Å². The summed E-state index contributed by atoms with van der Waals surface area (Å²) < 4.78 is 30.9. The van der Waals surface area contributed by atoms with E-state index in [4.69, 9.17) is 25.8 Å². The number of benzene rings is 3. The first-order chi connectivity index (χ1) is 17.3. The standard InChI is InChI=1S/C26H20ClFINO5S/c1-33-22-13-17(12-21(29)24(22)35-15-16-2-6-19(28)7-3-16)14-23-25(31)30(26(32)36-23)10-11-34-20-8-4-18(27)5-9-20/h2-9,12-14H,10-11,15H2,1H3/b23-14-. The number of amides is 2. The molecule has 186 valence electrons. The maximum Gasteiger partial charge on any atom is 0.293 e. The van der Waals surface area contributed by atoms with Crippen LogP contribution in [0.25, 0.3) is 6.08 Å². The SMILES string of the molecule is COc1cc(/C=C2\SC(=O)N(CCOc3ccc(Cl)cc3)C2=O)cc(I)c1OCc1ccc(F)cc1. The molecule has 3 aromatic rings. The molecule has 0 aliphatic carbocycles. The van der Waals surface area contributed by atoms with Crippen molar-refractivity contribution in [3.63, 3.8) is 0 Å². The Balaban J connectivity index is 1.43. The molecule has 3 aromatic carbocycles. The second-order valence-corrected chi connectivity index (χ2v) is 10.2. The molecule has 0 atom stereocenters. The van der Waals surface area contributed by atoms with E-state index in [-0.39, 0.29) is 36.7 Å². The molecule has 1 aliphatic rings. The molecule has 2 amide bonds. The van der Waals surface area contributed by atoms with Crippen LogP contribution in [0.5, 0.6) is 17.2 Å². The van der Waals surface area contributed by atoms with Crippen molar-refractivity contribution >= 4 is 63.2 Å². The van der Waals surface area contributed by atoms with Crippen molar-refractivity contribution < 1.29 is 28.2 Å². The minimum Gasteiger partial charge on any atom is -0.493 e. The van der Waals surface area contributed by atoms with Crippen LogP contribution < -0.4 is 14.2 Å². The van der Waals surface area contributed by atoms with Gasteiger partial charge in [-0.3, -0.25) is 14.5 Å². The predicted octanol–water partition coefficient (Wildman–Crippen LogP) is 6.79. The van der Waals surface area contributed by atoms with Crippen molar-refractivity contribution in [3.8, 4) is 17.2 Å². The summed E-state index contributed by atoms with van der Waals surface area (Å²) in [5, 5.41) is 0.240. The van der Waals surface area contributed by atoms with Crippen LogP contribution in [0.1, 0.15) is 11.1 Å². The molecule has 0 saturated carbocycles. The lowest BCUT2D eigenvalue weighted by atomic mass is 10.1. The highest BCUT2D eigenvalue weighted by atomic mass is 127. The Morgan fingerprint density at radius 3 is 2.47 bits per heavy atom. The normalized spacial score (nSPS) is 14.4. The zero-order chi connectivity index (χ0) is 25.7. The predicted molar refractivity (Wildman–Crippen MR) is 146 cm³/mol. The molecule has 1 fully saturated rings. The summed E-state index contributed by atoms with van der Waals surface area (Å²) >= 11 is 8.86. The molecular formula is C26H20ClFINO5S. The number of carbonyl (C=O) groups is 2. The summed E-state index contributed by atoms with van der Waals surface area (Å²) in [6.45, 7) is 0.531. The lowest BCUT2D eigenvalue weighted by Gasteiger charge is -2.14. The van der Waals surface area contributed by atoms with Crippen LogP contribution in [0.2, 0.25) is 5.02 Å². The van der Waals surface area contributed by atoms with Gasteiger partial charge in [0.2, 0.25) is 0 Å². The van der Waals surface area contributed by atoms with Crippen LogP contribution in [0.4, 0.5) is 9.18 Å². The van der Waals surface area contributed by atoms with Crippen molar-refractivity contribution in [2.75, 3.05) is 20.3 Å². The number of imide groups is 1. The van der Waals surface area contributed by atoms with Gasteiger partial charge in [-0.1, -0.05) is 23.7 Å². The molecule has 0 unspecified atom stereocenters. The second-order valence-electron chi connectivity index (χ2n) is 7.58. The van der Waals surface area contributed by atoms with Crippen LogP contribution in [0.15, 0.2) is 65.6 Å². The van der Waals surface area contributed by atoms with E-state index in [2.05, 4.69) is 22.6 Å². The van der Waals surface area contributed by atoms with Gasteiger partial charge in [0.15, 0.2) is 11.5 Å². The number of carbonyl (C=O) groups excluding carboxylic acids is 2. The molecule has 4 rings (SSSR count). The minimum atomic E-state index is -0.379. The van der Waals surface area contributed by atoms with Gasteiger partial charge in [0, 0.05) is 5.02 Å². The largest absolute Gasteiger partial charge is 0.493 e. The molecule has 1 heterocycles. The molecule has 0 radical (unpaired) electrons. The summed E-state index contributed by atoms with van der Waals surface area (Å²) in [5.74, 6) is 0.923. The third kappa shape index (κ3) is 6.51. The maximum absolute atomic E-state index is 13.1. The first-order valence-electron chi connectivity index (χ1n) is 10.7. The van der Waals surface area contributed by atoms with Crippen LogP contribution in [0, 0.1) is 9.39 Å². The fraction of sp³-hybridized carbons (Fsp3) is 0.154. The Morgan fingerprint density at radius 2 is 1.78 bits per heavy atom. The van der Waals surface area contributed by atoms with E-state index in [1.54, 1.807) is 48.5 Å². The molecule has 6 nitrogen and oxygen atoms in total. The quantitative estimate of drug-likeness (QED) is 0.190. The Kier molecular flexibility index (Phi) is 8.76. The Morgan fingerprint density at radius 1 is 1.06 bits per heavy atom. The molecule has 0 bridgehead atoms. The molecule has 0 aromatic heterocycles. The lowest BCUT2D eigenvalue weighted by molar-refractivity contribution is -0.123. The first-order valence-corrected chi connectivity index (χ1v) is 13.0. The van der Waals surface area contributed by atoms with Gasteiger partial charge in [-0.25, -0.2) is 4.39 Å². The van der Waals surface area contributed by atoms with E-state index < -0.39 is 0 Å². The molecule has 10 heteroatoms. The van der Waals surface area contributed by atoms with E-state index >= 15 is 0 Å². The number of rotatable bonds is 9. The fourth-order valence-corrected chi connectivity index (χ4v) is 5.10. The number of halogens is 3. The minimum absolute atomic E-state index is 0.127. The number of hydrogen-bond donors (Lipinski definition) is 0. The zero-order valence-corrected chi connectivity index (χ0v) is 22.7. The third-order valence-electron chi connectivity index (χ3n) is 5.12. The topological polar surface area (TPSA) is 65.1 Å². The van der Waals surface area contributed by atoms with E-state index in [1.165, 1.54) is 19.2 Å². The summed E-state index contributed by atoms with van der Waals surface area (Å²) in [6, 6.07) is 16.5. The third-order valence-corrected chi connectivity index (χ3v) is 7.08. The highest BCUT2D eigenvalue weighted by Gasteiger charge is 2.35. The van der Waals surface area contributed by atoms with Crippen LogP contribution in [-0.4, -0.2) is 36.3 Å². The van der Waals surface area contributed by atoms with Crippen molar-refractivity contribution in [2.24, 2.45) is 0 Å². The summed E-state index contributed by atoms with van der Waals surface area (Å²) in [6.07, 6.45) is 1.65. The average molecular weight is 640 g/mol. The maximum atomic E-state index is 13.1. The van der Waals surface area contributed by atoms with Gasteiger partial charge in [-0.2, -0.15) is 0 Å². The van der Waals surface area contributed by atoms with E-state index in [0.29, 0.717) is 32.7 Å². The van der Waals surface area contributed by atoms with Gasteiger partial charge < -0.3 is 14.2 Å². The lowest BCUT2D eigenvalue weighted by Crippen LogP contribution is -2.32. The number of hydrogen-bond acceptors (Lipinski definition) is 6. The summed E-state index contributed by atoms with van der Waals surface area (Å²) in [7, 11) is 1.52. The van der Waals surface area contributed by atoms with Gasteiger partial charge in [0.05, 0.1) is 22.1 Å². The average Bonchev–Trinajstić information content (AvgIpc) is 3.12. The molecule has 36 heavy (non-hydrogen) atoms. The highest BCUT2D eigenvalue weighted by molar-refractivity contribution is 14.1. The Hall–Kier alpha value is -2.76. The van der Waals surface area contributed by atoms with Gasteiger partial charge >= 0.3 is 0 Å². The monoisotopic (exact) mass is 639 g/mol. The van der Waals surface area contributed by atoms with Gasteiger partial charge in [0.25, 0.3) is 11.1 Å². The Labute approximate surface area is 230 Å². The zero-order valence-electron chi connectivity index (χ0n) is 19.0. The Bertz CT molecular complexity index is 1300. The van der Waals surface area contributed by atoms with E-state index in [0.717, 1.165) is 25.8 Å². The number of methoxy groups -OCH3 is 1. The summed E-state index contributed by atoms with van der Waals surface area (Å²) in [5.41, 5.74) is 1.50. The molecule has 0 spiro atoms.